The Labute approximate surface area is 65.7 Å². The van der Waals surface area contributed by atoms with E-state index in [1.807, 2.05) is 0 Å². The van der Waals surface area contributed by atoms with Crippen LogP contribution < -0.4 is 5.11 Å². The van der Waals surface area contributed by atoms with E-state index in [-0.39, 0.29) is 5.69 Å². The molecule has 5 heteroatoms. The molecule has 2 aromatic heterocycles. The predicted molar refractivity (Wildman–Crippen MR) is 37.4 cm³/mol. The number of rotatable bonds is 1. The fourth-order valence-corrected chi connectivity index (χ4v) is 1.57. The molecule has 0 atom stereocenters. The van der Waals surface area contributed by atoms with Crippen molar-refractivity contribution in [3.05, 3.63) is 23.5 Å². The van der Waals surface area contributed by atoms with Gasteiger partial charge in [0.2, 0.25) is 0 Å². The molecule has 2 aromatic rings. The molecule has 0 unspecified atom stereocenters. The van der Waals surface area contributed by atoms with Gasteiger partial charge in [-0.25, -0.2) is 4.98 Å². The number of aromatic carboxylic acids is 1. The summed E-state index contributed by atoms with van der Waals surface area (Å²) in [6.07, 6.45) is 2.94. The van der Waals surface area contributed by atoms with E-state index in [0.29, 0.717) is 4.96 Å². The van der Waals surface area contributed by atoms with Gasteiger partial charge in [-0.3, -0.25) is 4.40 Å². The molecule has 0 aliphatic rings. The maximum atomic E-state index is 10.4. The second-order valence-electron chi connectivity index (χ2n) is 1.99. The smallest absolute Gasteiger partial charge is 0.194 e. The summed E-state index contributed by atoms with van der Waals surface area (Å²) in [5.41, 5.74) is 0.0984. The summed E-state index contributed by atoms with van der Waals surface area (Å²) in [6.45, 7) is 0. The SMILES string of the molecule is O=C([O-])c1cnc2sccn12. The van der Waals surface area contributed by atoms with Crippen LogP contribution in [0.5, 0.6) is 0 Å². The lowest BCUT2D eigenvalue weighted by molar-refractivity contribution is -0.255. The summed E-state index contributed by atoms with van der Waals surface area (Å²) in [5, 5.41) is 12.2. The van der Waals surface area contributed by atoms with Gasteiger partial charge in [0.25, 0.3) is 0 Å². The Hall–Kier alpha value is -1.36. The Balaban J connectivity index is 2.78. The Morgan fingerprint density at radius 2 is 2.55 bits per heavy atom. The van der Waals surface area contributed by atoms with Crippen molar-refractivity contribution in [3.63, 3.8) is 0 Å². The Morgan fingerprint density at radius 3 is 3.27 bits per heavy atom. The third kappa shape index (κ3) is 0.813. The van der Waals surface area contributed by atoms with Crippen LogP contribution >= 0.6 is 11.3 Å². The van der Waals surface area contributed by atoms with E-state index in [1.165, 1.54) is 21.9 Å². The summed E-state index contributed by atoms with van der Waals surface area (Å²) in [4.78, 5) is 14.9. The number of imidazole rings is 1. The number of carboxylic acid groups (broad SMARTS) is 1. The molecule has 0 fully saturated rings. The fourth-order valence-electron chi connectivity index (χ4n) is 0.878. The molecular formula is C6H3N2O2S-. The maximum absolute atomic E-state index is 10.4. The first-order valence-corrected chi connectivity index (χ1v) is 3.79. The van der Waals surface area contributed by atoms with E-state index in [0.717, 1.165) is 0 Å². The number of carboxylic acids is 1. The monoisotopic (exact) mass is 167 g/mol. The van der Waals surface area contributed by atoms with Crippen LogP contribution in [0.2, 0.25) is 0 Å². The molecule has 0 aliphatic carbocycles. The molecular weight excluding hydrogens is 164 g/mol. The molecule has 11 heavy (non-hydrogen) atoms. The lowest BCUT2D eigenvalue weighted by Gasteiger charge is -1.96. The van der Waals surface area contributed by atoms with E-state index < -0.39 is 5.97 Å². The number of carbonyl (C=O) groups excluding carboxylic acids is 1. The maximum Gasteiger partial charge on any atom is 0.194 e. The molecule has 2 rings (SSSR count). The average molecular weight is 167 g/mol. The van der Waals surface area contributed by atoms with Crippen molar-refractivity contribution in [1.82, 2.24) is 9.38 Å². The van der Waals surface area contributed by atoms with E-state index in [1.54, 1.807) is 11.6 Å². The number of aromatic nitrogens is 2. The third-order valence-electron chi connectivity index (χ3n) is 1.36. The summed E-state index contributed by atoms with van der Waals surface area (Å²) < 4.78 is 1.49. The molecule has 0 amide bonds. The van der Waals surface area contributed by atoms with Gasteiger partial charge in [-0.15, -0.1) is 11.3 Å². The quantitative estimate of drug-likeness (QED) is 0.589. The Kier molecular flexibility index (Phi) is 1.19. The highest BCUT2D eigenvalue weighted by Crippen LogP contribution is 2.11. The van der Waals surface area contributed by atoms with Gasteiger partial charge in [0.1, 0.15) is 0 Å². The van der Waals surface area contributed by atoms with Crippen molar-refractivity contribution in [3.8, 4) is 0 Å². The van der Waals surface area contributed by atoms with Gasteiger partial charge in [-0.1, -0.05) is 0 Å². The minimum absolute atomic E-state index is 0.0984. The van der Waals surface area contributed by atoms with Crippen molar-refractivity contribution in [1.29, 1.82) is 0 Å². The number of nitrogens with zero attached hydrogens (tertiary/aromatic N) is 2. The van der Waals surface area contributed by atoms with E-state index >= 15 is 0 Å². The first kappa shape index (κ1) is 6.36. The first-order valence-electron chi connectivity index (χ1n) is 2.91. The molecule has 0 aromatic carbocycles. The number of fused-ring (bicyclic) bond motifs is 1. The summed E-state index contributed by atoms with van der Waals surface area (Å²) in [6, 6.07) is 0. The Morgan fingerprint density at radius 1 is 1.73 bits per heavy atom. The highest BCUT2D eigenvalue weighted by molar-refractivity contribution is 7.15. The zero-order valence-electron chi connectivity index (χ0n) is 5.35. The standard InChI is InChI=1S/C6H4N2O2S/c9-5(10)4-3-7-6-8(4)1-2-11-6/h1-3H,(H,9,10)/p-1. The Bertz CT molecular complexity index is 403. The molecule has 4 nitrogen and oxygen atoms in total. The second-order valence-corrected chi connectivity index (χ2v) is 2.86. The second kappa shape index (κ2) is 2.06. The number of thiazole rings is 1. The number of hydrogen-bond acceptors (Lipinski definition) is 4. The van der Waals surface area contributed by atoms with Crippen LogP contribution in [0.3, 0.4) is 0 Å². The minimum Gasteiger partial charge on any atom is -0.543 e. The molecule has 0 aliphatic heterocycles. The highest BCUT2D eigenvalue weighted by atomic mass is 32.1. The van der Waals surface area contributed by atoms with Gasteiger partial charge in [-0.05, 0) is 0 Å². The summed E-state index contributed by atoms with van der Waals surface area (Å²) >= 11 is 1.39. The van der Waals surface area contributed by atoms with Gasteiger partial charge in [0.15, 0.2) is 4.96 Å². The zero-order chi connectivity index (χ0) is 7.84. The van der Waals surface area contributed by atoms with Crippen LogP contribution in [0.4, 0.5) is 0 Å². The van der Waals surface area contributed by atoms with Gasteiger partial charge >= 0.3 is 0 Å². The molecule has 0 saturated heterocycles. The average Bonchev–Trinajstić information content (AvgIpc) is 2.41. The van der Waals surface area contributed by atoms with E-state index in [9.17, 15) is 9.90 Å². The van der Waals surface area contributed by atoms with Crippen LogP contribution in [0.15, 0.2) is 17.8 Å². The first-order chi connectivity index (χ1) is 5.29. The molecule has 0 bridgehead atoms. The predicted octanol–water partition coefficient (Wildman–Crippen LogP) is -0.241. The summed E-state index contributed by atoms with van der Waals surface area (Å²) in [5.74, 6) is -1.20. The molecule has 2 heterocycles. The van der Waals surface area contributed by atoms with Gasteiger partial charge in [-0.2, -0.15) is 0 Å². The van der Waals surface area contributed by atoms with Crippen LogP contribution in [-0.4, -0.2) is 15.4 Å². The zero-order valence-corrected chi connectivity index (χ0v) is 6.17. The fraction of sp³-hybridized carbons (Fsp3) is 0. The normalized spacial score (nSPS) is 10.5. The van der Waals surface area contributed by atoms with Crippen molar-refractivity contribution in [2.45, 2.75) is 0 Å². The van der Waals surface area contributed by atoms with E-state index in [4.69, 9.17) is 0 Å². The topological polar surface area (TPSA) is 57.4 Å². The van der Waals surface area contributed by atoms with Crippen molar-refractivity contribution in [2.75, 3.05) is 0 Å². The lowest BCUT2D eigenvalue weighted by atomic mass is 10.5. The van der Waals surface area contributed by atoms with Gasteiger partial charge in [0, 0.05) is 11.6 Å². The molecule has 56 valence electrons. The highest BCUT2D eigenvalue weighted by Gasteiger charge is 2.02. The molecule has 0 radical (unpaired) electrons. The van der Waals surface area contributed by atoms with Crippen molar-refractivity contribution >= 4 is 22.3 Å². The van der Waals surface area contributed by atoms with Crippen LogP contribution in [0.25, 0.3) is 4.96 Å². The largest absolute Gasteiger partial charge is 0.543 e. The van der Waals surface area contributed by atoms with Gasteiger partial charge in [0.05, 0.1) is 17.9 Å². The third-order valence-corrected chi connectivity index (χ3v) is 2.13. The van der Waals surface area contributed by atoms with Gasteiger partial charge < -0.3 is 9.90 Å². The van der Waals surface area contributed by atoms with E-state index in [2.05, 4.69) is 4.98 Å². The molecule has 0 spiro atoms. The molecule has 0 saturated carbocycles. The molecule has 0 N–H and O–H groups in total. The number of hydrogen-bond donors (Lipinski definition) is 0. The van der Waals surface area contributed by atoms with Crippen LogP contribution in [0, 0.1) is 0 Å². The minimum atomic E-state index is -1.20. The number of carbonyl (C=O) groups is 1. The van der Waals surface area contributed by atoms with Crippen molar-refractivity contribution < 1.29 is 9.90 Å². The lowest BCUT2D eigenvalue weighted by Crippen LogP contribution is -2.23. The summed E-state index contributed by atoms with van der Waals surface area (Å²) in [7, 11) is 0. The van der Waals surface area contributed by atoms with Crippen LogP contribution in [-0.2, 0) is 0 Å². The van der Waals surface area contributed by atoms with Crippen LogP contribution in [0.1, 0.15) is 10.5 Å². The van der Waals surface area contributed by atoms with Crippen molar-refractivity contribution in [2.24, 2.45) is 0 Å².